The zero-order valence-corrected chi connectivity index (χ0v) is 16.5. The molecule has 6 aliphatic rings. The largest absolute Gasteiger partial charge is 0.451 e. The number of hydrogen-bond acceptors (Lipinski definition) is 4. The lowest BCUT2D eigenvalue weighted by molar-refractivity contribution is -0.169. The molecule has 4 fully saturated rings. The van der Waals surface area contributed by atoms with Gasteiger partial charge in [0.15, 0.2) is 0 Å². The van der Waals surface area contributed by atoms with Gasteiger partial charge in [0.25, 0.3) is 0 Å². The van der Waals surface area contributed by atoms with E-state index >= 15 is 0 Å². The Morgan fingerprint density at radius 3 is 2.93 bits per heavy atom. The van der Waals surface area contributed by atoms with Crippen LogP contribution in [-0.4, -0.2) is 22.5 Å². The standard InChI is InChI=1S/C24H29NO3/c1-3-13-10-14-11-15(25-27)4-5-16(14)17-6-8-23(2)22(21(13)17)18-12-19(18)24(23)9-7-20(26)28-24/h3,7,9,11,13,16-19,21-22,27H,1,4-6,8,10,12H2,2H3/b25-15+/t13-,16-,17?,18-,19+,21?,22?,23-,24-/m0/s1. The Hall–Kier alpha value is -1.84. The molecule has 1 heterocycles. The second kappa shape index (κ2) is 5.40. The number of oxime groups is 1. The number of nitrogens with zero attached hydrogens (tertiary/aromatic N) is 1. The van der Waals surface area contributed by atoms with Crippen LogP contribution in [0.5, 0.6) is 0 Å². The molecule has 9 atom stereocenters. The second-order valence-corrected chi connectivity index (χ2v) is 10.3. The maximum Gasteiger partial charge on any atom is 0.331 e. The van der Waals surface area contributed by atoms with E-state index in [1.165, 1.54) is 18.4 Å². The number of carbonyl (C=O) groups excluding carboxylic acids is 1. The lowest BCUT2D eigenvalue weighted by Gasteiger charge is -2.58. The highest BCUT2D eigenvalue weighted by Gasteiger charge is 2.78. The van der Waals surface area contributed by atoms with Crippen LogP contribution in [0, 0.1) is 46.8 Å². The van der Waals surface area contributed by atoms with E-state index in [0.717, 1.165) is 31.4 Å². The van der Waals surface area contributed by atoms with E-state index in [0.29, 0.717) is 41.4 Å². The van der Waals surface area contributed by atoms with Gasteiger partial charge in [0.1, 0.15) is 5.60 Å². The van der Waals surface area contributed by atoms with Gasteiger partial charge in [0, 0.05) is 17.4 Å². The Bertz CT molecular complexity index is 856. The fraction of sp³-hybridized carbons (Fsp3) is 0.667. The van der Waals surface area contributed by atoms with Gasteiger partial charge >= 0.3 is 5.97 Å². The fourth-order valence-corrected chi connectivity index (χ4v) is 8.55. The highest BCUT2D eigenvalue weighted by molar-refractivity contribution is 5.96. The minimum Gasteiger partial charge on any atom is -0.451 e. The number of rotatable bonds is 1. The van der Waals surface area contributed by atoms with Crippen LogP contribution in [0.3, 0.4) is 0 Å². The molecule has 4 saturated carbocycles. The Labute approximate surface area is 166 Å². The van der Waals surface area contributed by atoms with Crippen molar-refractivity contribution in [2.75, 3.05) is 0 Å². The summed E-state index contributed by atoms with van der Waals surface area (Å²) in [6.45, 7) is 6.63. The number of carbonyl (C=O) groups is 1. The molecule has 0 aromatic heterocycles. The summed E-state index contributed by atoms with van der Waals surface area (Å²) in [7, 11) is 0. The second-order valence-electron chi connectivity index (χ2n) is 10.3. The molecule has 0 amide bonds. The maximum atomic E-state index is 12.1. The van der Waals surface area contributed by atoms with Crippen LogP contribution >= 0.6 is 0 Å². The summed E-state index contributed by atoms with van der Waals surface area (Å²) in [5.74, 6) is 4.08. The van der Waals surface area contributed by atoms with Gasteiger partial charge in [-0.1, -0.05) is 23.7 Å². The summed E-state index contributed by atoms with van der Waals surface area (Å²) in [6, 6.07) is 0. The first-order chi connectivity index (χ1) is 13.5. The molecule has 0 bridgehead atoms. The number of fused-ring (bicyclic) bond motifs is 9. The normalized spacial score (nSPS) is 54.5. The Balaban J connectivity index is 1.41. The molecule has 4 heteroatoms. The molecule has 5 aliphatic carbocycles. The molecule has 6 rings (SSSR count). The third kappa shape index (κ3) is 1.87. The van der Waals surface area contributed by atoms with Gasteiger partial charge in [-0.2, -0.15) is 0 Å². The van der Waals surface area contributed by atoms with Crippen molar-refractivity contribution in [2.45, 2.75) is 51.0 Å². The number of esters is 1. The van der Waals surface area contributed by atoms with E-state index in [4.69, 9.17) is 4.74 Å². The summed E-state index contributed by atoms with van der Waals surface area (Å²) >= 11 is 0. The molecule has 0 radical (unpaired) electrons. The zero-order chi connectivity index (χ0) is 19.3. The average Bonchev–Trinajstić information content (AvgIpc) is 3.35. The van der Waals surface area contributed by atoms with E-state index < -0.39 is 0 Å². The van der Waals surface area contributed by atoms with Gasteiger partial charge in [0.05, 0.1) is 5.71 Å². The first kappa shape index (κ1) is 17.1. The summed E-state index contributed by atoms with van der Waals surface area (Å²) < 4.78 is 6.09. The molecule has 3 unspecified atom stereocenters. The van der Waals surface area contributed by atoms with Crippen molar-refractivity contribution in [1.82, 2.24) is 0 Å². The van der Waals surface area contributed by atoms with Crippen LogP contribution in [-0.2, 0) is 9.53 Å². The van der Waals surface area contributed by atoms with E-state index in [1.54, 1.807) is 6.08 Å². The Morgan fingerprint density at radius 2 is 2.21 bits per heavy atom. The topological polar surface area (TPSA) is 58.9 Å². The van der Waals surface area contributed by atoms with Crippen molar-refractivity contribution < 1.29 is 14.7 Å². The number of allylic oxidation sites excluding steroid dienone is 3. The van der Waals surface area contributed by atoms with Crippen LogP contribution in [0.25, 0.3) is 0 Å². The van der Waals surface area contributed by atoms with Crippen molar-refractivity contribution in [3.05, 3.63) is 36.5 Å². The SMILES string of the molecule is C=C[C@H]1CC2=C/C(=N/O)CC[C@@H]2C2CC[C@@]3(C)C(C21)[C@H]1C[C@H]1[C@@]31C=CC(=O)O1. The summed E-state index contributed by atoms with van der Waals surface area (Å²) in [5.41, 5.74) is 2.01. The molecule has 0 aromatic carbocycles. The number of ether oxygens (including phenoxy) is 1. The Morgan fingerprint density at radius 1 is 1.36 bits per heavy atom. The quantitative estimate of drug-likeness (QED) is 0.316. The Kier molecular flexibility index (Phi) is 3.29. The van der Waals surface area contributed by atoms with Gasteiger partial charge < -0.3 is 9.94 Å². The molecular formula is C24H29NO3. The molecule has 1 aliphatic heterocycles. The van der Waals surface area contributed by atoms with Crippen molar-refractivity contribution >= 4 is 11.7 Å². The van der Waals surface area contributed by atoms with Gasteiger partial charge in [-0.15, -0.1) is 6.58 Å². The van der Waals surface area contributed by atoms with Crippen LogP contribution in [0.4, 0.5) is 0 Å². The molecule has 0 aromatic rings. The van der Waals surface area contributed by atoms with Crippen LogP contribution in [0.15, 0.2) is 41.6 Å². The molecule has 1 spiro atoms. The van der Waals surface area contributed by atoms with Crippen LogP contribution in [0.2, 0.25) is 0 Å². The van der Waals surface area contributed by atoms with Gasteiger partial charge in [0.2, 0.25) is 0 Å². The van der Waals surface area contributed by atoms with Crippen LogP contribution in [0.1, 0.15) is 45.4 Å². The first-order valence-corrected chi connectivity index (χ1v) is 11.0. The molecule has 1 N–H and O–H groups in total. The van der Waals surface area contributed by atoms with E-state index in [9.17, 15) is 10.0 Å². The first-order valence-electron chi connectivity index (χ1n) is 11.0. The molecule has 148 valence electrons. The summed E-state index contributed by atoms with van der Waals surface area (Å²) in [6.07, 6.45) is 14.7. The molecule has 4 nitrogen and oxygen atoms in total. The highest BCUT2D eigenvalue weighted by Crippen LogP contribution is 2.78. The predicted octanol–water partition coefficient (Wildman–Crippen LogP) is 4.51. The molecule has 28 heavy (non-hydrogen) atoms. The monoisotopic (exact) mass is 379 g/mol. The predicted molar refractivity (Wildman–Crippen MR) is 106 cm³/mol. The van der Waals surface area contributed by atoms with E-state index in [1.807, 2.05) is 0 Å². The lowest BCUT2D eigenvalue weighted by atomic mass is 9.47. The maximum absolute atomic E-state index is 12.1. The summed E-state index contributed by atoms with van der Waals surface area (Å²) in [4.78, 5) is 12.1. The van der Waals surface area contributed by atoms with E-state index in [-0.39, 0.29) is 17.0 Å². The zero-order valence-electron chi connectivity index (χ0n) is 16.5. The minimum atomic E-state index is -0.352. The van der Waals surface area contributed by atoms with Gasteiger partial charge in [-0.25, -0.2) is 4.79 Å². The summed E-state index contributed by atoms with van der Waals surface area (Å²) in [5, 5.41) is 12.7. The molecule has 0 saturated heterocycles. The van der Waals surface area contributed by atoms with Crippen LogP contribution < -0.4 is 0 Å². The average molecular weight is 380 g/mol. The third-order valence-corrected chi connectivity index (χ3v) is 9.58. The highest BCUT2D eigenvalue weighted by atomic mass is 16.6. The van der Waals surface area contributed by atoms with Crippen molar-refractivity contribution in [1.29, 1.82) is 0 Å². The number of hydrogen-bond donors (Lipinski definition) is 1. The third-order valence-electron chi connectivity index (χ3n) is 9.58. The molecular weight excluding hydrogens is 350 g/mol. The van der Waals surface area contributed by atoms with Crippen molar-refractivity contribution in [3.63, 3.8) is 0 Å². The van der Waals surface area contributed by atoms with Crippen molar-refractivity contribution in [3.8, 4) is 0 Å². The van der Waals surface area contributed by atoms with Gasteiger partial charge in [-0.05, 0) is 86.2 Å². The lowest BCUT2D eigenvalue weighted by Crippen LogP contribution is -2.56. The van der Waals surface area contributed by atoms with Crippen molar-refractivity contribution in [2.24, 2.45) is 52.0 Å². The smallest absolute Gasteiger partial charge is 0.331 e. The van der Waals surface area contributed by atoms with Gasteiger partial charge in [-0.3, -0.25) is 0 Å². The minimum absolute atomic E-state index is 0.0548. The van der Waals surface area contributed by atoms with E-state index in [2.05, 4.69) is 36.9 Å². The fourth-order valence-electron chi connectivity index (χ4n) is 8.55.